The van der Waals surface area contributed by atoms with Crippen LogP contribution in [-0.4, -0.2) is 22.6 Å². The lowest BCUT2D eigenvalue weighted by molar-refractivity contribution is -0.166. The molecule has 4 atom stereocenters. The molecule has 90 valence electrons. The molecule has 0 aromatic rings. The van der Waals surface area contributed by atoms with E-state index >= 15 is 0 Å². The van der Waals surface area contributed by atoms with Crippen molar-refractivity contribution >= 4 is 17.5 Å². The minimum Gasteiger partial charge on any atom is -0.480 e. The molecule has 0 fully saturated rings. The van der Waals surface area contributed by atoms with Gasteiger partial charge in [-0.1, -0.05) is 26.0 Å². The van der Waals surface area contributed by atoms with Crippen molar-refractivity contribution < 1.29 is 19.5 Å². The number of aliphatic carboxylic acids is 1. The van der Waals surface area contributed by atoms with Gasteiger partial charge in [-0.15, -0.1) is 0 Å². The molecule has 0 saturated heterocycles. The van der Waals surface area contributed by atoms with E-state index in [1.54, 1.807) is 19.9 Å². The Bertz CT molecular complexity index is 460. The Labute approximate surface area is 99.0 Å². The zero-order valence-electron chi connectivity index (χ0n) is 9.71. The predicted molar refractivity (Wildman–Crippen MR) is 60.2 cm³/mol. The summed E-state index contributed by atoms with van der Waals surface area (Å²) in [5.74, 6) is -3.42. The summed E-state index contributed by atoms with van der Waals surface area (Å²) in [6.45, 7) is 3.45. The first-order chi connectivity index (χ1) is 7.92. The van der Waals surface area contributed by atoms with E-state index in [0.717, 1.165) is 6.08 Å². The largest absolute Gasteiger partial charge is 0.480 e. The highest BCUT2D eigenvalue weighted by Gasteiger charge is 2.60. The molecule has 0 aromatic carbocycles. The Kier molecular flexibility index (Phi) is 2.53. The van der Waals surface area contributed by atoms with Gasteiger partial charge in [0.05, 0.1) is 5.92 Å². The zero-order chi connectivity index (χ0) is 12.8. The van der Waals surface area contributed by atoms with E-state index < -0.39 is 29.0 Å². The molecule has 0 unspecified atom stereocenters. The number of ketones is 2. The lowest BCUT2D eigenvalue weighted by Crippen LogP contribution is -2.56. The van der Waals surface area contributed by atoms with Crippen LogP contribution in [0.25, 0.3) is 0 Å². The van der Waals surface area contributed by atoms with Gasteiger partial charge < -0.3 is 5.11 Å². The summed E-state index contributed by atoms with van der Waals surface area (Å²) in [4.78, 5) is 35.5. The summed E-state index contributed by atoms with van der Waals surface area (Å²) in [6, 6.07) is 0. The Hall–Kier alpha value is -1.71. The van der Waals surface area contributed by atoms with E-state index in [-0.39, 0.29) is 11.7 Å². The fourth-order valence-corrected chi connectivity index (χ4v) is 3.00. The van der Waals surface area contributed by atoms with E-state index in [0.29, 0.717) is 0 Å². The van der Waals surface area contributed by atoms with E-state index in [1.807, 2.05) is 6.08 Å². The standard InChI is InChI=1S/C13H14O4/c1-7-3-4-8(2)13(12(16)17)10(15)6-5-9(14)11(7)13/h3-8,11H,1-2H3,(H,16,17)/t7-,8+,11-,13+/m0/s1. The number of carboxylic acids is 1. The average Bonchev–Trinajstić information content (AvgIpc) is 2.26. The molecule has 0 spiro atoms. The van der Waals surface area contributed by atoms with Gasteiger partial charge in [-0.2, -0.15) is 0 Å². The van der Waals surface area contributed by atoms with E-state index in [1.165, 1.54) is 6.08 Å². The molecule has 0 aliphatic heterocycles. The molecule has 0 radical (unpaired) electrons. The molecule has 2 aliphatic carbocycles. The zero-order valence-corrected chi connectivity index (χ0v) is 9.71. The molecule has 4 heteroatoms. The van der Waals surface area contributed by atoms with Gasteiger partial charge in [0.25, 0.3) is 0 Å². The summed E-state index contributed by atoms with van der Waals surface area (Å²) in [7, 11) is 0. The lowest BCUT2D eigenvalue weighted by Gasteiger charge is -2.44. The second-order valence-corrected chi connectivity index (χ2v) is 4.78. The van der Waals surface area contributed by atoms with Crippen molar-refractivity contribution in [3.63, 3.8) is 0 Å². The molecule has 0 bridgehead atoms. The summed E-state index contributed by atoms with van der Waals surface area (Å²) in [5, 5.41) is 9.46. The second kappa shape index (κ2) is 3.65. The van der Waals surface area contributed by atoms with Crippen LogP contribution in [0.2, 0.25) is 0 Å². The molecular formula is C13H14O4. The maximum Gasteiger partial charge on any atom is 0.318 e. The number of carboxylic acid groups (broad SMARTS) is 1. The van der Waals surface area contributed by atoms with Gasteiger partial charge in [0.2, 0.25) is 0 Å². The molecule has 4 nitrogen and oxygen atoms in total. The van der Waals surface area contributed by atoms with Crippen LogP contribution in [-0.2, 0) is 14.4 Å². The SMILES string of the molecule is C[C@@H]1C=C[C@H](C)[C@H]2C(=O)C=CC(=O)[C@]12C(=O)O. The van der Waals surface area contributed by atoms with Crippen LogP contribution in [0, 0.1) is 23.2 Å². The van der Waals surface area contributed by atoms with Gasteiger partial charge in [0.1, 0.15) is 5.41 Å². The van der Waals surface area contributed by atoms with Gasteiger partial charge in [0.15, 0.2) is 11.6 Å². The maximum absolute atomic E-state index is 12.0. The Morgan fingerprint density at radius 1 is 1.24 bits per heavy atom. The Morgan fingerprint density at radius 3 is 2.41 bits per heavy atom. The molecule has 1 N–H and O–H groups in total. The van der Waals surface area contributed by atoms with Gasteiger partial charge in [0, 0.05) is 0 Å². The van der Waals surface area contributed by atoms with Crippen molar-refractivity contribution in [2.24, 2.45) is 23.2 Å². The number of allylic oxidation sites excluding steroid dienone is 4. The lowest BCUT2D eigenvalue weighted by atomic mass is 9.55. The number of hydrogen-bond acceptors (Lipinski definition) is 3. The highest BCUT2D eigenvalue weighted by atomic mass is 16.4. The number of hydrogen-bond donors (Lipinski definition) is 1. The molecule has 0 amide bonds. The fraction of sp³-hybridized carbons (Fsp3) is 0.462. The smallest absolute Gasteiger partial charge is 0.318 e. The number of carbonyl (C=O) groups excluding carboxylic acids is 2. The van der Waals surface area contributed by atoms with Crippen molar-refractivity contribution in [3.8, 4) is 0 Å². The second-order valence-electron chi connectivity index (χ2n) is 4.78. The van der Waals surface area contributed by atoms with Crippen LogP contribution >= 0.6 is 0 Å². The molecule has 0 saturated carbocycles. The van der Waals surface area contributed by atoms with Crippen molar-refractivity contribution in [3.05, 3.63) is 24.3 Å². The van der Waals surface area contributed by atoms with Crippen molar-refractivity contribution in [2.75, 3.05) is 0 Å². The number of fused-ring (bicyclic) bond motifs is 1. The molecule has 0 heterocycles. The first kappa shape index (κ1) is 11.8. The highest BCUT2D eigenvalue weighted by molar-refractivity contribution is 6.18. The summed E-state index contributed by atoms with van der Waals surface area (Å²) in [6.07, 6.45) is 5.85. The first-order valence-electron chi connectivity index (χ1n) is 5.60. The highest BCUT2D eigenvalue weighted by Crippen LogP contribution is 2.48. The summed E-state index contributed by atoms with van der Waals surface area (Å²) < 4.78 is 0. The van der Waals surface area contributed by atoms with Crippen LogP contribution in [0.15, 0.2) is 24.3 Å². The van der Waals surface area contributed by atoms with Crippen molar-refractivity contribution in [1.29, 1.82) is 0 Å². The summed E-state index contributed by atoms with van der Waals surface area (Å²) in [5.41, 5.74) is -1.61. The summed E-state index contributed by atoms with van der Waals surface area (Å²) >= 11 is 0. The Balaban J connectivity index is 2.70. The third kappa shape index (κ3) is 1.33. The van der Waals surface area contributed by atoms with Gasteiger partial charge in [-0.3, -0.25) is 14.4 Å². The van der Waals surface area contributed by atoms with Gasteiger partial charge in [-0.25, -0.2) is 0 Å². The third-order valence-corrected chi connectivity index (χ3v) is 3.91. The van der Waals surface area contributed by atoms with Crippen molar-refractivity contribution in [1.82, 2.24) is 0 Å². The van der Waals surface area contributed by atoms with Crippen LogP contribution in [0.5, 0.6) is 0 Å². The normalized spacial score (nSPS) is 40.2. The van der Waals surface area contributed by atoms with E-state index in [4.69, 9.17) is 0 Å². The predicted octanol–water partition coefficient (Wildman–Crippen LogP) is 1.22. The van der Waals surface area contributed by atoms with E-state index in [9.17, 15) is 19.5 Å². The quantitative estimate of drug-likeness (QED) is 0.547. The van der Waals surface area contributed by atoms with Gasteiger partial charge in [-0.05, 0) is 24.0 Å². The van der Waals surface area contributed by atoms with Crippen LogP contribution < -0.4 is 0 Å². The molecular weight excluding hydrogens is 220 g/mol. The molecule has 2 rings (SSSR count). The van der Waals surface area contributed by atoms with E-state index in [2.05, 4.69) is 0 Å². The maximum atomic E-state index is 12.0. The Morgan fingerprint density at radius 2 is 1.88 bits per heavy atom. The fourth-order valence-electron chi connectivity index (χ4n) is 3.00. The monoisotopic (exact) mass is 234 g/mol. The average molecular weight is 234 g/mol. The minimum absolute atomic E-state index is 0.233. The van der Waals surface area contributed by atoms with Crippen LogP contribution in [0.4, 0.5) is 0 Å². The number of rotatable bonds is 1. The molecule has 2 aliphatic rings. The number of carbonyl (C=O) groups is 3. The first-order valence-corrected chi connectivity index (χ1v) is 5.60. The molecule has 0 aromatic heterocycles. The van der Waals surface area contributed by atoms with Crippen LogP contribution in [0.1, 0.15) is 13.8 Å². The third-order valence-electron chi connectivity index (χ3n) is 3.91. The minimum atomic E-state index is -1.61. The van der Waals surface area contributed by atoms with Gasteiger partial charge >= 0.3 is 5.97 Å². The van der Waals surface area contributed by atoms with Crippen LogP contribution in [0.3, 0.4) is 0 Å². The topological polar surface area (TPSA) is 71.4 Å². The molecule has 17 heavy (non-hydrogen) atoms. The van der Waals surface area contributed by atoms with Crippen molar-refractivity contribution in [2.45, 2.75) is 13.8 Å².